The summed E-state index contributed by atoms with van der Waals surface area (Å²) < 4.78 is 1.05. The number of thiophene rings is 1. The lowest BCUT2D eigenvalue weighted by atomic mass is 10.0. The Hall–Kier alpha value is -2.94. The summed E-state index contributed by atoms with van der Waals surface area (Å²) >= 11 is 1.61. The Labute approximate surface area is 159 Å². The molecule has 4 heterocycles. The third-order valence-electron chi connectivity index (χ3n) is 4.81. The van der Waals surface area contributed by atoms with E-state index in [1.165, 1.54) is 6.20 Å². The molecule has 3 aromatic heterocycles. The number of aromatic amines is 1. The molecule has 0 unspecified atom stereocenters. The van der Waals surface area contributed by atoms with Crippen LogP contribution in [0.4, 0.5) is 11.5 Å². The van der Waals surface area contributed by atoms with Gasteiger partial charge < -0.3 is 16.0 Å². The highest BCUT2D eigenvalue weighted by Crippen LogP contribution is 2.37. The summed E-state index contributed by atoms with van der Waals surface area (Å²) in [5, 5.41) is 9.60. The van der Waals surface area contributed by atoms with Crippen molar-refractivity contribution >= 4 is 44.9 Å². The summed E-state index contributed by atoms with van der Waals surface area (Å²) in [7, 11) is 0. The van der Waals surface area contributed by atoms with Crippen molar-refractivity contribution < 1.29 is 9.59 Å². The van der Waals surface area contributed by atoms with E-state index in [0.29, 0.717) is 18.1 Å². The van der Waals surface area contributed by atoms with Crippen LogP contribution in [0.2, 0.25) is 0 Å². The fourth-order valence-electron chi connectivity index (χ4n) is 3.37. The van der Waals surface area contributed by atoms with Crippen molar-refractivity contribution in [1.82, 2.24) is 20.1 Å². The average Bonchev–Trinajstić information content (AvgIpc) is 3.26. The number of hydrogen-bond donors (Lipinski definition) is 3. The highest BCUT2D eigenvalue weighted by Gasteiger charge is 2.33. The Bertz CT molecular complexity index is 982. The highest BCUT2D eigenvalue weighted by molar-refractivity contribution is 7.19. The van der Waals surface area contributed by atoms with Crippen molar-refractivity contribution in [2.45, 2.75) is 32.2 Å². The second-order valence-electron chi connectivity index (χ2n) is 6.69. The molecular formula is C18H20N6O2S. The number of nitrogens with one attached hydrogen (secondary N) is 2. The van der Waals surface area contributed by atoms with Gasteiger partial charge in [-0.05, 0) is 43.9 Å². The molecule has 8 nitrogen and oxygen atoms in total. The first-order chi connectivity index (χ1) is 13.0. The van der Waals surface area contributed by atoms with Gasteiger partial charge in [0.25, 0.3) is 0 Å². The molecule has 4 rings (SSSR count). The maximum Gasteiger partial charge on any atom is 0.313 e. The number of rotatable bonds is 2. The number of hydrogen-bond acceptors (Lipinski definition) is 6. The number of pyridine rings is 1. The van der Waals surface area contributed by atoms with E-state index in [9.17, 15) is 9.59 Å². The van der Waals surface area contributed by atoms with Crippen LogP contribution >= 0.6 is 11.3 Å². The first-order valence-electron chi connectivity index (χ1n) is 8.80. The molecule has 1 fully saturated rings. The fraction of sp³-hybridized carbons (Fsp3) is 0.333. The number of nitrogens with zero attached hydrogens (tertiary/aromatic N) is 3. The molecule has 27 heavy (non-hydrogen) atoms. The zero-order valence-corrected chi connectivity index (χ0v) is 15.7. The molecule has 1 aliphatic heterocycles. The molecule has 0 bridgehead atoms. The van der Waals surface area contributed by atoms with E-state index in [4.69, 9.17) is 5.73 Å². The van der Waals surface area contributed by atoms with Crippen LogP contribution in [-0.2, 0) is 9.59 Å². The van der Waals surface area contributed by atoms with E-state index in [1.54, 1.807) is 35.4 Å². The molecule has 2 amide bonds. The lowest BCUT2D eigenvalue weighted by Crippen LogP contribution is -2.44. The molecule has 0 saturated carbocycles. The SMILES string of the molecule is Cc1cc(NC(=O)C(=O)N2CCCC[C@H]2c2cc3[nH]ncc3s2)cnc1N. The number of aromatic nitrogens is 3. The number of nitrogens with two attached hydrogens (primary N) is 1. The zero-order chi connectivity index (χ0) is 19.0. The molecule has 1 atom stereocenters. The van der Waals surface area contributed by atoms with Gasteiger partial charge in [0, 0.05) is 11.4 Å². The van der Waals surface area contributed by atoms with Crippen LogP contribution in [0.1, 0.15) is 35.7 Å². The van der Waals surface area contributed by atoms with Gasteiger partial charge in [-0.1, -0.05) is 0 Å². The number of anilines is 2. The predicted molar refractivity (Wildman–Crippen MR) is 104 cm³/mol. The maximum absolute atomic E-state index is 12.8. The monoisotopic (exact) mass is 384 g/mol. The van der Waals surface area contributed by atoms with Crippen molar-refractivity contribution in [2.75, 3.05) is 17.6 Å². The summed E-state index contributed by atoms with van der Waals surface area (Å²) in [6.07, 6.45) is 6.00. The number of fused-ring (bicyclic) bond motifs is 1. The van der Waals surface area contributed by atoms with E-state index in [2.05, 4.69) is 20.5 Å². The van der Waals surface area contributed by atoms with Gasteiger partial charge in [-0.2, -0.15) is 5.10 Å². The number of aryl methyl sites for hydroxylation is 1. The number of carbonyl (C=O) groups excluding carboxylic acids is 2. The fourth-order valence-corrected chi connectivity index (χ4v) is 4.50. The number of H-pyrrole nitrogens is 1. The van der Waals surface area contributed by atoms with Crippen LogP contribution in [-0.4, -0.2) is 38.4 Å². The van der Waals surface area contributed by atoms with Gasteiger partial charge in [-0.3, -0.25) is 14.7 Å². The number of nitrogen functional groups attached to an aromatic ring is 1. The second-order valence-corrected chi connectivity index (χ2v) is 7.80. The van der Waals surface area contributed by atoms with Gasteiger partial charge in [-0.15, -0.1) is 11.3 Å². The van der Waals surface area contributed by atoms with Crippen molar-refractivity contribution in [3.63, 3.8) is 0 Å². The summed E-state index contributed by atoms with van der Waals surface area (Å²) in [6, 6.07) is 3.64. The van der Waals surface area contributed by atoms with Crippen LogP contribution in [0.25, 0.3) is 10.2 Å². The molecule has 4 N–H and O–H groups in total. The molecule has 3 aromatic rings. The zero-order valence-electron chi connectivity index (χ0n) is 14.9. The Morgan fingerprint density at radius 2 is 2.19 bits per heavy atom. The van der Waals surface area contributed by atoms with Gasteiger partial charge in [0.1, 0.15) is 5.82 Å². The topological polar surface area (TPSA) is 117 Å². The van der Waals surface area contributed by atoms with Crippen molar-refractivity contribution in [3.8, 4) is 0 Å². The summed E-state index contributed by atoms with van der Waals surface area (Å²) in [5.41, 5.74) is 7.87. The third kappa shape index (κ3) is 3.37. The highest BCUT2D eigenvalue weighted by atomic mass is 32.1. The van der Waals surface area contributed by atoms with Gasteiger partial charge in [-0.25, -0.2) is 4.98 Å². The second kappa shape index (κ2) is 6.99. The largest absolute Gasteiger partial charge is 0.383 e. The molecule has 9 heteroatoms. The van der Waals surface area contributed by atoms with Crippen LogP contribution in [0, 0.1) is 6.92 Å². The predicted octanol–water partition coefficient (Wildman–Crippen LogP) is 2.60. The minimum absolute atomic E-state index is 0.0888. The minimum atomic E-state index is -0.656. The average molecular weight is 384 g/mol. The molecular weight excluding hydrogens is 364 g/mol. The van der Waals surface area contributed by atoms with Crippen LogP contribution in [0.3, 0.4) is 0 Å². The number of amides is 2. The van der Waals surface area contributed by atoms with Crippen molar-refractivity contribution in [1.29, 1.82) is 0 Å². The van der Waals surface area contributed by atoms with E-state index >= 15 is 0 Å². The number of carbonyl (C=O) groups is 2. The van der Waals surface area contributed by atoms with Crippen LogP contribution < -0.4 is 11.1 Å². The van der Waals surface area contributed by atoms with Gasteiger partial charge in [0.2, 0.25) is 0 Å². The Morgan fingerprint density at radius 3 is 2.96 bits per heavy atom. The maximum atomic E-state index is 12.8. The smallest absolute Gasteiger partial charge is 0.313 e. The first kappa shape index (κ1) is 17.5. The summed E-state index contributed by atoms with van der Waals surface area (Å²) in [4.78, 5) is 32.1. The molecule has 0 spiro atoms. The number of likely N-dealkylation sites (tertiary alicyclic amines) is 1. The Balaban J connectivity index is 1.53. The normalized spacial score (nSPS) is 17.2. The number of piperidine rings is 1. The summed E-state index contributed by atoms with van der Waals surface area (Å²) in [6.45, 7) is 2.37. The Morgan fingerprint density at radius 1 is 1.33 bits per heavy atom. The third-order valence-corrected chi connectivity index (χ3v) is 5.98. The van der Waals surface area contributed by atoms with E-state index in [1.807, 2.05) is 6.07 Å². The van der Waals surface area contributed by atoms with E-state index in [-0.39, 0.29) is 6.04 Å². The Kier molecular flexibility index (Phi) is 4.53. The molecule has 0 aromatic carbocycles. The molecule has 1 aliphatic rings. The van der Waals surface area contributed by atoms with Gasteiger partial charge in [0.05, 0.1) is 34.3 Å². The molecule has 0 aliphatic carbocycles. The van der Waals surface area contributed by atoms with Crippen molar-refractivity contribution in [2.24, 2.45) is 0 Å². The molecule has 1 saturated heterocycles. The lowest BCUT2D eigenvalue weighted by Gasteiger charge is -2.34. The lowest BCUT2D eigenvalue weighted by molar-refractivity contribution is -0.145. The van der Waals surface area contributed by atoms with Crippen molar-refractivity contribution in [3.05, 3.63) is 35.0 Å². The first-order valence-corrected chi connectivity index (χ1v) is 9.61. The standard InChI is InChI=1S/C18H20N6O2S/c1-10-6-11(8-20-16(10)19)22-17(25)18(26)24-5-3-2-4-13(24)14-7-12-15(27-14)9-21-23-12/h6-9,13H,2-5H2,1H3,(H2,19,20)(H,21,23)(H,22,25)/t13-/m0/s1. The van der Waals surface area contributed by atoms with Crippen LogP contribution in [0.5, 0.6) is 0 Å². The van der Waals surface area contributed by atoms with Gasteiger partial charge >= 0.3 is 11.8 Å². The molecule has 0 radical (unpaired) electrons. The molecule has 140 valence electrons. The van der Waals surface area contributed by atoms with Crippen LogP contribution in [0.15, 0.2) is 24.5 Å². The van der Waals surface area contributed by atoms with E-state index in [0.717, 1.165) is 39.9 Å². The van der Waals surface area contributed by atoms with Gasteiger partial charge in [0.15, 0.2) is 0 Å². The quantitative estimate of drug-likeness (QED) is 0.587. The van der Waals surface area contributed by atoms with E-state index < -0.39 is 11.8 Å². The minimum Gasteiger partial charge on any atom is -0.383 e. The summed E-state index contributed by atoms with van der Waals surface area (Å²) in [5.74, 6) is -0.778.